The fourth-order valence-corrected chi connectivity index (χ4v) is 3.99. The van der Waals surface area contributed by atoms with Gasteiger partial charge in [0.1, 0.15) is 11.5 Å². The molecule has 1 amide bonds. The van der Waals surface area contributed by atoms with Crippen LogP contribution in [0.25, 0.3) is 0 Å². The van der Waals surface area contributed by atoms with Crippen LogP contribution in [0.15, 0.2) is 45.7 Å². The lowest BCUT2D eigenvalue weighted by molar-refractivity contribution is 0.0935. The maximum Gasteiger partial charge on any atom is 0.251 e. The molecule has 1 atom stereocenters. The summed E-state index contributed by atoms with van der Waals surface area (Å²) in [4.78, 5) is 12.5. The molecule has 6 nitrogen and oxygen atoms in total. The van der Waals surface area contributed by atoms with Crippen LogP contribution in [0.1, 0.15) is 48.7 Å². The van der Waals surface area contributed by atoms with E-state index in [1.807, 2.05) is 26.0 Å². The molecule has 2 rings (SSSR count). The van der Waals surface area contributed by atoms with Gasteiger partial charge in [0.15, 0.2) is 0 Å². The number of carbonyl (C=O) groups excluding carboxylic acids is 1. The highest BCUT2D eigenvalue weighted by Crippen LogP contribution is 2.18. The number of carbonyl (C=O) groups is 1. The maximum atomic E-state index is 12.5. The van der Waals surface area contributed by atoms with Crippen LogP contribution in [0, 0.1) is 6.92 Å². The van der Waals surface area contributed by atoms with E-state index in [1.165, 1.54) is 28.6 Å². The Morgan fingerprint density at radius 3 is 2.20 bits per heavy atom. The van der Waals surface area contributed by atoms with E-state index < -0.39 is 10.0 Å². The van der Waals surface area contributed by atoms with Crippen LogP contribution < -0.4 is 5.32 Å². The summed E-state index contributed by atoms with van der Waals surface area (Å²) in [6, 6.07) is 9.34. The normalized spacial score (nSPS) is 13.0. The number of rotatable bonds is 7. The molecule has 0 aliphatic rings. The van der Waals surface area contributed by atoms with Crippen LogP contribution in [0.3, 0.4) is 0 Å². The zero-order valence-corrected chi connectivity index (χ0v) is 15.8. The van der Waals surface area contributed by atoms with Crippen LogP contribution in [0.4, 0.5) is 0 Å². The zero-order chi connectivity index (χ0) is 18.6. The second kappa shape index (κ2) is 7.84. The minimum atomic E-state index is -3.52. The highest BCUT2D eigenvalue weighted by Gasteiger charge is 2.22. The molecule has 1 aromatic carbocycles. The van der Waals surface area contributed by atoms with Gasteiger partial charge in [0.05, 0.1) is 10.9 Å². The molecule has 1 unspecified atom stereocenters. The molecule has 1 aromatic heterocycles. The molecule has 0 radical (unpaired) electrons. The Labute approximate surface area is 148 Å². The van der Waals surface area contributed by atoms with Crippen molar-refractivity contribution < 1.29 is 17.6 Å². The van der Waals surface area contributed by atoms with Crippen molar-refractivity contribution >= 4 is 15.9 Å². The number of hydrogen-bond acceptors (Lipinski definition) is 4. The summed E-state index contributed by atoms with van der Waals surface area (Å²) in [6.45, 7) is 8.06. The van der Waals surface area contributed by atoms with Crippen molar-refractivity contribution in [3.05, 3.63) is 53.5 Å². The predicted molar refractivity (Wildman–Crippen MR) is 95.9 cm³/mol. The molecule has 1 N–H and O–H groups in total. The first-order chi connectivity index (χ1) is 11.8. The quantitative estimate of drug-likeness (QED) is 0.819. The summed E-state index contributed by atoms with van der Waals surface area (Å²) in [5.74, 6) is 1.17. The number of nitrogens with zero attached hydrogens (tertiary/aromatic N) is 1. The van der Waals surface area contributed by atoms with E-state index in [4.69, 9.17) is 4.42 Å². The van der Waals surface area contributed by atoms with Gasteiger partial charge < -0.3 is 9.73 Å². The Morgan fingerprint density at radius 1 is 1.12 bits per heavy atom. The molecule has 0 aliphatic heterocycles. The molecule has 2 aromatic rings. The van der Waals surface area contributed by atoms with Crippen molar-refractivity contribution in [1.82, 2.24) is 9.62 Å². The molecule has 0 aliphatic carbocycles. The van der Waals surface area contributed by atoms with Gasteiger partial charge in [0.25, 0.3) is 5.91 Å². The van der Waals surface area contributed by atoms with Gasteiger partial charge >= 0.3 is 0 Å². The number of hydrogen-bond donors (Lipinski definition) is 1. The number of benzene rings is 1. The summed E-state index contributed by atoms with van der Waals surface area (Å²) < 4.78 is 31.8. The molecule has 25 heavy (non-hydrogen) atoms. The van der Waals surface area contributed by atoms with Crippen molar-refractivity contribution in [3.63, 3.8) is 0 Å². The van der Waals surface area contributed by atoms with E-state index >= 15 is 0 Å². The molecule has 0 bridgehead atoms. The standard InChI is InChI=1S/C18H24N2O4S/c1-5-20(6-2)25(22,23)16-10-8-15(9-11-16)18(21)19-14(4)17-12-7-13(3)24-17/h7-12,14H,5-6H2,1-4H3,(H,19,21). The number of nitrogens with one attached hydrogen (secondary N) is 1. The Hall–Kier alpha value is -2.12. The van der Waals surface area contributed by atoms with Crippen LogP contribution in [0.2, 0.25) is 0 Å². The Bertz CT molecular complexity index is 821. The summed E-state index contributed by atoms with van der Waals surface area (Å²) in [5.41, 5.74) is 0.397. The van der Waals surface area contributed by atoms with Gasteiger partial charge in [-0.1, -0.05) is 13.8 Å². The van der Waals surface area contributed by atoms with E-state index in [9.17, 15) is 13.2 Å². The molecular weight excluding hydrogens is 340 g/mol. The Balaban J connectivity index is 2.12. The fourth-order valence-electron chi connectivity index (χ4n) is 2.53. The van der Waals surface area contributed by atoms with E-state index in [2.05, 4.69) is 5.32 Å². The summed E-state index contributed by atoms with van der Waals surface area (Å²) in [5, 5.41) is 2.84. The predicted octanol–water partition coefficient (Wildman–Crippen LogP) is 3.11. The van der Waals surface area contributed by atoms with Gasteiger partial charge in [0, 0.05) is 18.7 Å². The first-order valence-corrected chi connectivity index (χ1v) is 9.71. The average molecular weight is 364 g/mol. The fraction of sp³-hybridized carbons (Fsp3) is 0.389. The highest BCUT2D eigenvalue weighted by atomic mass is 32.2. The van der Waals surface area contributed by atoms with Crippen LogP contribution in [-0.2, 0) is 10.0 Å². The third-order valence-electron chi connectivity index (χ3n) is 4.00. The van der Waals surface area contributed by atoms with Crippen molar-refractivity contribution in [2.24, 2.45) is 0 Å². The van der Waals surface area contributed by atoms with Gasteiger partial charge in [-0.2, -0.15) is 4.31 Å². The van der Waals surface area contributed by atoms with E-state index in [-0.39, 0.29) is 16.8 Å². The second-order valence-electron chi connectivity index (χ2n) is 5.76. The largest absolute Gasteiger partial charge is 0.464 e. The Kier molecular flexibility index (Phi) is 6.02. The summed E-state index contributed by atoms with van der Waals surface area (Å²) in [6.07, 6.45) is 0. The molecule has 0 fully saturated rings. The van der Waals surface area contributed by atoms with Gasteiger partial charge in [-0.3, -0.25) is 4.79 Å². The highest BCUT2D eigenvalue weighted by molar-refractivity contribution is 7.89. The van der Waals surface area contributed by atoms with Crippen molar-refractivity contribution in [3.8, 4) is 0 Å². The smallest absolute Gasteiger partial charge is 0.251 e. The molecule has 0 saturated heterocycles. The van der Waals surface area contributed by atoms with Crippen LogP contribution in [-0.4, -0.2) is 31.7 Å². The lowest BCUT2D eigenvalue weighted by Gasteiger charge is -2.18. The SMILES string of the molecule is CCN(CC)S(=O)(=O)c1ccc(C(=O)NC(C)c2ccc(C)o2)cc1. The maximum absolute atomic E-state index is 12.5. The monoisotopic (exact) mass is 364 g/mol. The van der Waals surface area contributed by atoms with Crippen molar-refractivity contribution in [2.75, 3.05) is 13.1 Å². The summed E-state index contributed by atoms with van der Waals surface area (Å²) in [7, 11) is -3.52. The van der Waals surface area contributed by atoms with Gasteiger partial charge in [-0.25, -0.2) is 8.42 Å². The number of aryl methyl sites for hydroxylation is 1. The van der Waals surface area contributed by atoms with Crippen LogP contribution in [0.5, 0.6) is 0 Å². The molecule has 0 saturated carbocycles. The molecular formula is C18H24N2O4S. The second-order valence-corrected chi connectivity index (χ2v) is 7.70. The average Bonchev–Trinajstić information content (AvgIpc) is 3.02. The lowest BCUT2D eigenvalue weighted by Crippen LogP contribution is -2.30. The first kappa shape index (κ1) is 19.2. The zero-order valence-electron chi connectivity index (χ0n) is 14.9. The third-order valence-corrected chi connectivity index (χ3v) is 6.06. The lowest BCUT2D eigenvalue weighted by atomic mass is 10.2. The first-order valence-electron chi connectivity index (χ1n) is 8.27. The molecule has 7 heteroatoms. The third kappa shape index (κ3) is 4.29. The van der Waals surface area contributed by atoms with Gasteiger partial charge in [0.2, 0.25) is 10.0 Å². The minimum absolute atomic E-state index is 0.183. The Morgan fingerprint density at radius 2 is 1.72 bits per heavy atom. The van der Waals surface area contributed by atoms with E-state index in [0.717, 1.165) is 5.76 Å². The molecule has 0 spiro atoms. The number of sulfonamides is 1. The minimum Gasteiger partial charge on any atom is -0.464 e. The molecule has 1 heterocycles. The van der Waals surface area contributed by atoms with E-state index in [1.54, 1.807) is 13.8 Å². The van der Waals surface area contributed by atoms with Crippen LogP contribution >= 0.6 is 0 Å². The number of furan rings is 1. The number of amides is 1. The van der Waals surface area contributed by atoms with Crippen molar-refractivity contribution in [2.45, 2.75) is 38.6 Å². The van der Waals surface area contributed by atoms with Gasteiger partial charge in [-0.05, 0) is 50.2 Å². The molecule has 136 valence electrons. The topological polar surface area (TPSA) is 79.6 Å². The van der Waals surface area contributed by atoms with E-state index in [0.29, 0.717) is 24.4 Å². The van der Waals surface area contributed by atoms with Gasteiger partial charge in [-0.15, -0.1) is 0 Å². The van der Waals surface area contributed by atoms with Crippen molar-refractivity contribution in [1.29, 1.82) is 0 Å². The summed E-state index contributed by atoms with van der Waals surface area (Å²) >= 11 is 0.